The number of ether oxygens (including phenoxy) is 1. The van der Waals surface area contributed by atoms with Gasteiger partial charge in [0.2, 0.25) is 0 Å². The number of amides is 1. The molecule has 0 aliphatic heterocycles. The largest absolute Gasteiger partial charge is 0.493 e. The predicted molar refractivity (Wildman–Crippen MR) is 99.1 cm³/mol. The van der Waals surface area contributed by atoms with Crippen molar-refractivity contribution in [3.8, 4) is 11.4 Å². The van der Waals surface area contributed by atoms with Gasteiger partial charge in [-0.15, -0.1) is 0 Å². The molecular weight excluding hydrogens is 387 g/mol. The van der Waals surface area contributed by atoms with Crippen LogP contribution in [0, 0.1) is 6.92 Å². The van der Waals surface area contributed by atoms with E-state index in [9.17, 15) is 18.0 Å². The number of H-pyrrole nitrogens is 1. The van der Waals surface area contributed by atoms with Gasteiger partial charge in [-0.05, 0) is 43.5 Å². The fraction of sp³-hybridized carbons (Fsp3) is 0.316. The first kappa shape index (κ1) is 20.4. The van der Waals surface area contributed by atoms with Crippen LogP contribution in [0.15, 0.2) is 36.7 Å². The third-order valence-electron chi connectivity index (χ3n) is 4.40. The summed E-state index contributed by atoms with van der Waals surface area (Å²) in [6.45, 7) is 2.33. The number of carbonyl (C=O) groups excluding carboxylic acids is 1. The number of carbonyl (C=O) groups is 1. The molecule has 1 amide bonds. The lowest BCUT2D eigenvalue weighted by atomic mass is 10.1. The summed E-state index contributed by atoms with van der Waals surface area (Å²) in [6, 6.07) is 4.68. The van der Waals surface area contributed by atoms with Crippen LogP contribution in [0.5, 0.6) is 5.75 Å². The molecule has 0 aliphatic carbocycles. The van der Waals surface area contributed by atoms with Crippen LogP contribution in [0.4, 0.5) is 13.2 Å². The van der Waals surface area contributed by atoms with Crippen LogP contribution in [0.1, 0.15) is 33.7 Å². The number of benzene rings is 1. The molecule has 7 nitrogen and oxygen atoms in total. The fourth-order valence-corrected chi connectivity index (χ4v) is 2.81. The quantitative estimate of drug-likeness (QED) is 0.589. The smallest absolute Gasteiger partial charge is 0.416 e. The van der Waals surface area contributed by atoms with Gasteiger partial charge in [0.15, 0.2) is 11.4 Å². The van der Waals surface area contributed by atoms with E-state index < -0.39 is 17.6 Å². The van der Waals surface area contributed by atoms with Crippen LogP contribution < -0.4 is 10.1 Å². The van der Waals surface area contributed by atoms with Gasteiger partial charge in [0.05, 0.1) is 30.8 Å². The molecule has 10 heteroatoms. The van der Waals surface area contributed by atoms with E-state index in [1.807, 2.05) is 6.92 Å². The molecule has 0 saturated carbocycles. The maximum absolute atomic E-state index is 12.9. The van der Waals surface area contributed by atoms with Crippen molar-refractivity contribution in [2.75, 3.05) is 13.7 Å². The zero-order valence-corrected chi connectivity index (χ0v) is 15.9. The van der Waals surface area contributed by atoms with Crippen LogP contribution in [0.25, 0.3) is 5.69 Å². The molecule has 1 aromatic carbocycles. The summed E-state index contributed by atoms with van der Waals surface area (Å²) in [7, 11) is 1.37. The van der Waals surface area contributed by atoms with Crippen LogP contribution in [-0.2, 0) is 12.6 Å². The maximum Gasteiger partial charge on any atom is 0.416 e. The second-order valence-electron chi connectivity index (χ2n) is 6.42. The Hall–Kier alpha value is -3.30. The molecule has 2 aromatic heterocycles. The summed E-state index contributed by atoms with van der Waals surface area (Å²) in [4.78, 5) is 12.5. The molecule has 29 heavy (non-hydrogen) atoms. The van der Waals surface area contributed by atoms with Gasteiger partial charge in [-0.1, -0.05) is 6.07 Å². The molecule has 0 radical (unpaired) electrons. The van der Waals surface area contributed by atoms with Crippen LogP contribution >= 0.6 is 0 Å². The number of hydrogen-bond donors (Lipinski definition) is 2. The van der Waals surface area contributed by atoms with E-state index in [0.717, 1.165) is 29.8 Å². The topological polar surface area (TPSA) is 84.8 Å². The molecule has 3 aromatic rings. The van der Waals surface area contributed by atoms with Crippen molar-refractivity contribution in [1.82, 2.24) is 25.3 Å². The van der Waals surface area contributed by atoms with E-state index in [0.29, 0.717) is 13.0 Å². The number of aromatic amines is 1. The highest BCUT2D eigenvalue weighted by Crippen LogP contribution is 2.30. The zero-order valence-electron chi connectivity index (χ0n) is 15.9. The molecule has 0 aliphatic rings. The van der Waals surface area contributed by atoms with Crippen molar-refractivity contribution >= 4 is 5.91 Å². The van der Waals surface area contributed by atoms with E-state index in [1.165, 1.54) is 30.1 Å². The summed E-state index contributed by atoms with van der Waals surface area (Å²) < 4.78 is 45.2. The molecule has 0 spiro atoms. The second kappa shape index (κ2) is 8.38. The van der Waals surface area contributed by atoms with Crippen molar-refractivity contribution in [2.24, 2.45) is 0 Å². The SMILES string of the molecule is COc1cn(-c2cccc(C(F)(F)F)c2)nc1C(=O)NCCCc1cn[nH]c1C. The van der Waals surface area contributed by atoms with E-state index in [1.54, 1.807) is 6.20 Å². The molecular formula is C19H20F3N5O2. The first-order chi connectivity index (χ1) is 13.8. The Morgan fingerprint density at radius 2 is 2.14 bits per heavy atom. The van der Waals surface area contributed by atoms with Gasteiger partial charge in [0, 0.05) is 12.2 Å². The van der Waals surface area contributed by atoms with Gasteiger partial charge >= 0.3 is 6.18 Å². The minimum Gasteiger partial charge on any atom is -0.493 e. The lowest BCUT2D eigenvalue weighted by molar-refractivity contribution is -0.137. The monoisotopic (exact) mass is 407 g/mol. The van der Waals surface area contributed by atoms with Crippen molar-refractivity contribution < 1.29 is 22.7 Å². The first-order valence-corrected chi connectivity index (χ1v) is 8.88. The van der Waals surface area contributed by atoms with E-state index in [2.05, 4.69) is 20.6 Å². The van der Waals surface area contributed by atoms with Crippen molar-refractivity contribution in [1.29, 1.82) is 0 Å². The number of nitrogens with one attached hydrogen (secondary N) is 2. The molecule has 3 rings (SSSR count). The summed E-state index contributed by atoms with van der Waals surface area (Å²) in [5, 5.41) is 13.7. The zero-order chi connectivity index (χ0) is 21.0. The van der Waals surface area contributed by atoms with Gasteiger partial charge in [-0.2, -0.15) is 23.4 Å². The number of aromatic nitrogens is 4. The molecule has 2 heterocycles. The highest BCUT2D eigenvalue weighted by Gasteiger charge is 2.30. The van der Waals surface area contributed by atoms with Crippen LogP contribution in [-0.4, -0.2) is 39.5 Å². The van der Waals surface area contributed by atoms with Gasteiger partial charge < -0.3 is 10.1 Å². The predicted octanol–water partition coefficient (Wildman–Crippen LogP) is 3.29. The third kappa shape index (κ3) is 4.76. The number of hydrogen-bond acceptors (Lipinski definition) is 4. The van der Waals surface area contributed by atoms with Crippen LogP contribution in [0.2, 0.25) is 0 Å². The Balaban J connectivity index is 1.69. The van der Waals surface area contributed by atoms with Gasteiger partial charge in [0.25, 0.3) is 5.91 Å². The number of nitrogens with zero attached hydrogens (tertiary/aromatic N) is 3. The molecule has 0 atom stereocenters. The summed E-state index contributed by atoms with van der Waals surface area (Å²) >= 11 is 0. The Morgan fingerprint density at radius 1 is 1.34 bits per heavy atom. The van der Waals surface area contributed by atoms with Gasteiger partial charge in [-0.3, -0.25) is 9.89 Å². The Bertz CT molecular complexity index is 994. The highest BCUT2D eigenvalue weighted by atomic mass is 19.4. The van der Waals surface area contributed by atoms with Crippen molar-refractivity contribution in [2.45, 2.75) is 25.9 Å². The van der Waals surface area contributed by atoms with E-state index >= 15 is 0 Å². The Kier molecular flexibility index (Phi) is 5.90. The summed E-state index contributed by atoms with van der Waals surface area (Å²) in [6.07, 6.45) is 0.0954. The lowest BCUT2D eigenvalue weighted by Crippen LogP contribution is -2.25. The standard InChI is InChI=1S/C19H20F3N5O2/c1-12-13(10-24-25-12)5-4-8-23-18(28)17-16(29-2)11-27(26-17)15-7-3-6-14(9-15)19(20,21)22/h3,6-7,9-11H,4-5,8H2,1-2H3,(H,23,28)(H,24,25). The molecule has 0 bridgehead atoms. The maximum atomic E-state index is 12.9. The minimum absolute atomic E-state index is 0.00408. The summed E-state index contributed by atoms with van der Waals surface area (Å²) in [5.41, 5.74) is 1.44. The average Bonchev–Trinajstić information content (AvgIpc) is 3.31. The minimum atomic E-state index is -4.47. The van der Waals surface area contributed by atoms with Gasteiger partial charge in [0.1, 0.15) is 0 Å². The average molecular weight is 407 g/mol. The summed E-state index contributed by atoms with van der Waals surface area (Å²) in [5.74, 6) is -0.290. The molecule has 154 valence electrons. The number of alkyl halides is 3. The van der Waals surface area contributed by atoms with Crippen LogP contribution in [0.3, 0.4) is 0 Å². The van der Waals surface area contributed by atoms with Gasteiger partial charge in [-0.25, -0.2) is 4.68 Å². The second-order valence-corrected chi connectivity index (χ2v) is 6.42. The van der Waals surface area contributed by atoms with E-state index in [4.69, 9.17) is 4.74 Å². The highest BCUT2D eigenvalue weighted by molar-refractivity contribution is 5.94. The Morgan fingerprint density at radius 3 is 2.79 bits per heavy atom. The number of methoxy groups -OCH3 is 1. The first-order valence-electron chi connectivity index (χ1n) is 8.88. The third-order valence-corrected chi connectivity index (χ3v) is 4.40. The molecule has 0 fully saturated rings. The fourth-order valence-electron chi connectivity index (χ4n) is 2.81. The van der Waals surface area contributed by atoms with Crippen molar-refractivity contribution in [3.05, 3.63) is 59.2 Å². The molecule has 0 unspecified atom stereocenters. The normalized spacial score (nSPS) is 11.5. The van der Waals surface area contributed by atoms with E-state index in [-0.39, 0.29) is 17.1 Å². The molecule has 2 N–H and O–H groups in total. The van der Waals surface area contributed by atoms with Crippen molar-refractivity contribution in [3.63, 3.8) is 0 Å². The number of aryl methyl sites for hydroxylation is 2. The Labute approximate surface area is 164 Å². The number of rotatable bonds is 7. The lowest BCUT2D eigenvalue weighted by Gasteiger charge is -2.08. The molecule has 0 saturated heterocycles. The number of halogens is 3.